The molecule has 0 saturated carbocycles. The van der Waals surface area contributed by atoms with E-state index in [9.17, 15) is 0 Å². The Labute approximate surface area is 84.5 Å². The quantitative estimate of drug-likeness (QED) is 0.778. The van der Waals surface area contributed by atoms with Gasteiger partial charge in [0.05, 0.1) is 6.61 Å². The van der Waals surface area contributed by atoms with Gasteiger partial charge in [0.1, 0.15) is 5.82 Å². The summed E-state index contributed by atoms with van der Waals surface area (Å²) in [5.41, 5.74) is 1.15. The van der Waals surface area contributed by atoms with E-state index in [1.54, 1.807) is 0 Å². The maximum atomic E-state index is 5.45. The molecule has 0 radical (unpaired) electrons. The van der Waals surface area contributed by atoms with Gasteiger partial charge in [-0.05, 0) is 25.0 Å². The van der Waals surface area contributed by atoms with Gasteiger partial charge in [0.2, 0.25) is 0 Å². The van der Waals surface area contributed by atoms with E-state index in [0.29, 0.717) is 5.92 Å². The number of hydrogen-bond acceptors (Lipinski definition) is 3. The van der Waals surface area contributed by atoms with E-state index in [2.05, 4.69) is 16.4 Å². The SMILES string of the molecule is CNc1cccc(C2CCCOC2)n1. The lowest BCUT2D eigenvalue weighted by Gasteiger charge is -2.21. The highest BCUT2D eigenvalue weighted by Gasteiger charge is 2.17. The zero-order chi connectivity index (χ0) is 9.80. The smallest absolute Gasteiger partial charge is 0.125 e. The van der Waals surface area contributed by atoms with Crippen molar-refractivity contribution in [1.29, 1.82) is 0 Å². The first kappa shape index (κ1) is 9.46. The summed E-state index contributed by atoms with van der Waals surface area (Å²) in [6, 6.07) is 6.11. The molecule has 1 unspecified atom stereocenters. The molecule has 3 heteroatoms. The predicted octanol–water partition coefficient (Wildman–Crippen LogP) is 2.02. The second kappa shape index (κ2) is 4.42. The topological polar surface area (TPSA) is 34.1 Å². The van der Waals surface area contributed by atoms with Crippen LogP contribution < -0.4 is 5.32 Å². The summed E-state index contributed by atoms with van der Waals surface area (Å²) in [7, 11) is 1.89. The Morgan fingerprint density at radius 1 is 1.50 bits per heavy atom. The first-order chi connectivity index (χ1) is 6.90. The summed E-state index contributed by atoms with van der Waals surface area (Å²) in [6.07, 6.45) is 2.34. The Hall–Kier alpha value is -1.09. The van der Waals surface area contributed by atoms with Crippen LogP contribution in [0, 0.1) is 0 Å². The summed E-state index contributed by atoms with van der Waals surface area (Å²) in [6.45, 7) is 1.72. The van der Waals surface area contributed by atoms with Crippen LogP contribution in [-0.2, 0) is 4.74 Å². The van der Waals surface area contributed by atoms with Gasteiger partial charge in [-0.15, -0.1) is 0 Å². The van der Waals surface area contributed by atoms with Crippen LogP contribution >= 0.6 is 0 Å². The lowest BCUT2D eigenvalue weighted by Crippen LogP contribution is -2.16. The minimum Gasteiger partial charge on any atom is -0.381 e. The lowest BCUT2D eigenvalue weighted by atomic mass is 9.98. The van der Waals surface area contributed by atoms with Crippen molar-refractivity contribution in [2.24, 2.45) is 0 Å². The van der Waals surface area contributed by atoms with E-state index in [1.165, 1.54) is 6.42 Å². The molecule has 0 spiro atoms. The van der Waals surface area contributed by atoms with Gasteiger partial charge in [0.15, 0.2) is 0 Å². The molecule has 3 nitrogen and oxygen atoms in total. The first-order valence-corrected chi connectivity index (χ1v) is 5.12. The van der Waals surface area contributed by atoms with Crippen LogP contribution in [0.2, 0.25) is 0 Å². The van der Waals surface area contributed by atoms with Crippen LogP contribution in [0.15, 0.2) is 18.2 Å². The molecule has 1 saturated heterocycles. The third kappa shape index (κ3) is 2.04. The molecule has 1 fully saturated rings. The molecule has 0 amide bonds. The molecule has 1 N–H and O–H groups in total. The molecular formula is C11H16N2O. The van der Waals surface area contributed by atoms with Crippen LogP contribution in [0.5, 0.6) is 0 Å². The van der Waals surface area contributed by atoms with Crippen LogP contribution in [0.25, 0.3) is 0 Å². The van der Waals surface area contributed by atoms with Crippen molar-refractivity contribution in [3.8, 4) is 0 Å². The maximum absolute atomic E-state index is 5.45. The van der Waals surface area contributed by atoms with Gasteiger partial charge >= 0.3 is 0 Å². The van der Waals surface area contributed by atoms with Gasteiger partial charge in [-0.25, -0.2) is 4.98 Å². The molecular weight excluding hydrogens is 176 g/mol. The Balaban J connectivity index is 2.13. The fourth-order valence-electron chi connectivity index (χ4n) is 1.79. The second-order valence-electron chi connectivity index (χ2n) is 3.61. The molecule has 1 aromatic rings. The van der Waals surface area contributed by atoms with Gasteiger partial charge in [0, 0.05) is 25.3 Å². The van der Waals surface area contributed by atoms with Gasteiger partial charge in [-0.1, -0.05) is 6.07 Å². The summed E-state index contributed by atoms with van der Waals surface area (Å²) in [4.78, 5) is 4.52. The molecule has 1 aliphatic rings. The highest BCUT2D eigenvalue weighted by Crippen LogP contribution is 2.24. The normalized spacial score (nSPS) is 21.9. The molecule has 76 valence electrons. The number of nitrogens with one attached hydrogen (secondary N) is 1. The Bertz CT molecular complexity index is 295. The first-order valence-electron chi connectivity index (χ1n) is 5.12. The van der Waals surface area contributed by atoms with E-state index >= 15 is 0 Å². The number of pyridine rings is 1. The third-order valence-corrected chi connectivity index (χ3v) is 2.61. The third-order valence-electron chi connectivity index (χ3n) is 2.61. The summed E-state index contributed by atoms with van der Waals surface area (Å²) >= 11 is 0. The average Bonchev–Trinajstić information content (AvgIpc) is 2.30. The van der Waals surface area contributed by atoms with Crippen LogP contribution in [0.4, 0.5) is 5.82 Å². The lowest BCUT2D eigenvalue weighted by molar-refractivity contribution is 0.0793. The van der Waals surface area contributed by atoms with Gasteiger partial charge in [-0.2, -0.15) is 0 Å². The van der Waals surface area contributed by atoms with Crippen LogP contribution in [-0.4, -0.2) is 25.2 Å². The molecule has 0 bridgehead atoms. The van der Waals surface area contributed by atoms with Crippen molar-refractivity contribution in [1.82, 2.24) is 4.98 Å². The largest absolute Gasteiger partial charge is 0.381 e. The molecule has 1 aromatic heterocycles. The number of rotatable bonds is 2. The zero-order valence-corrected chi connectivity index (χ0v) is 8.49. The Kier molecular flexibility index (Phi) is 2.99. The molecule has 1 atom stereocenters. The summed E-state index contributed by atoms with van der Waals surface area (Å²) in [5, 5.41) is 3.05. The molecule has 2 rings (SSSR count). The van der Waals surface area contributed by atoms with Gasteiger partial charge in [-0.3, -0.25) is 0 Å². The maximum Gasteiger partial charge on any atom is 0.125 e. The number of aromatic nitrogens is 1. The highest BCUT2D eigenvalue weighted by atomic mass is 16.5. The fraction of sp³-hybridized carbons (Fsp3) is 0.545. The summed E-state index contributed by atoms with van der Waals surface area (Å²) < 4.78 is 5.45. The standard InChI is InChI=1S/C11H16N2O/c1-12-11-6-2-5-10(13-11)9-4-3-7-14-8-9/h2,5-6,9H,3-4,7-8H2,1H3,(H,12,13). The fourth-order valence-corrected chi connectivity index (χ4v) is 1.79. The van der Waals surface area contributed by atoms with Gasteiger partial charge in [0.25, 0.3) is 0 Å². The minimum absolute atomic E-state index is 0.483. The summed E-state index contributed by atoms with van der Waals surface area (Å²) in [5.74, 6) is 1.42. The Morgan fingerprint density at radius 2 is 2.43 bits per heavy atom. The second-order valence-corrected chi connectivity index (χ2v) is 3.61. The van der Waals surface area contributed by atoms with Crippen LogP contribution in [0.3, 0.4) is 0 Å². The van der Waals surface area contributed by atoms with Crippen LogP contribution in [0.1, 0.15) is 24.5 Å². The van der Waals surface area contributed by atoms with Crippen molar-refractivity contribution in [3.63, 3.8) is 0 Å². The van der Waals surface area contributed by atoms with E-state index in [-0.39, 0.29) is 0 Å². The number of anilines is 1. The van der Waals surface area contributed by atoms with Crippen molar-refractivity contribution in [2.75, 3.05) is 25.6 Å². The van der Waals surface area contributed by atoms with E-state index in [1.807, 2.05) is 19.2 Å². The number of nitrogens with zero attached hydrogens (tertiary/aromatic N) is 1. The van der Waals surface area contributed by atoms with Crippen molar-refractivity contribution >= 4 is 5.82 Å². The molecule has 0 aliphatic carbocycles. The van der Waals surface area contributed by atoms with Crippen molar-refractivity contribution in [2.45, 2.75) is 18.8 Å². The number of ether oxygens (including phenoxy) is 1. The van der Waals surface area contributed by atoms with Gasteiger partial charge < -0.3 is 10.1 Å². The monoisotopic (exact) mass is 192 g/mol. The van der Waals surface area contributed by atoms with Crippen molar-refractivity contribution < 1.29 is 4.74 Å². The Morgan fingerprint density at radius 3 is 3.14 bits per heavy atom. The van der Waals surface area contributed by atoms with E-state index in [4.69, 9.17) is 4.74 Å². The predicted molar refractivity (Wildman–Crippen MR) is 56.6 cm³/mol. The molecule has 2 heterocycles. The number of hydrogen-bond donors (Lipinski definition) is 1. The van der Waals surface area contributed by atoms with E-state index < -0.39 is 0 Å². The molecule has 1 aliphatic heterocycles. The minimum atomic E-state index is 0.483. The average molecular weight is 192 g/mol. The molecule has 14 heavy (non-hydrogen) atoms. The van der Waals surface area contributed by atoms with Crippen molar-refractivity contribution in [3.05, 3.63) is 23.9 Å². The zero-order valence-electron chi connectivity index (χ0n) is 8.49. The highest BCUT2D eigenvalue weighted by molar-refractivity contribution is 5.35. The van der Waals surface area contributed by atoms with E-state index in [0.717, 1.165) is 31.1 Å². The molecule has 0 aromatic carbocycles.